The van der Waals surface area contributed by atoms with Crippen molar-refractivity contribution >= 4 is 34.8 Å². The third kappa shape index (κ3) is 3.25. The Labute approximate surface area is 124 Å². The molecule has 1 aliphatic rings. The minimum absolute atomic E-state index is 0.553. The second-order valence-corrected chi connectivity index (χ2v) is 5.81. The lowest BCUT2D eigenvalue weighted by atomic mass is 10.2. The molecule has 1 fully saturated rings. The summed E-state index contributed by atoms with van der Waals surface area (Å²) in [5, 5.41) is 4.16. The summed E-state index contributed by atoms with van der Waals surface area (Å²) < 4.78 is 0. The smallest absolute Gasteiger partial charge is 0.150 e. The Balaban J connectivity index is 2.15. The lowest BCUT2D eigenvalue weighted by Crippen LogP contribution is -2.49. The van der Waals surface area contributed by atoms with Crippen molar-refractivity contribution in [3.63, 3.8) is 0 Å². The normalized spacial score (nSPS) is 17.1. The predicted octanol–water partition coefficient (Wildman–Crippen LogP) is 2.96. The van der Waals surface area contributed by atoms with Crippen LogP contribution in [0, 0.1) is 0 Å². The first-order chi connectivity index (χ1) is 9.02. The van der Waals surface area contributed by atoms with Crippen LogP contribution in [-0.4, -0.2) is 49.2 Å². The zero-order valence-electron chi connectivity index (χ0n) is 11.6. The number of nitrogens with zero attached hydrogens (tertiary/aromatic N) is 3. The number of aromatic nitrogens is 1. The summed E-state index contributed by atoms with van der Waals surface area (Å²) in [6.07, 6.45) is 0. The first-order valence-corrected chi connectivity index (χ1v) is 7.31. The van der Waals surface area contributed by atoms with Gasteiger partial charge in [0.25, 0.3) is 0 Å². The molecule has 4 nitrogen and oxygen atoms in total. The van der Waals surface area contributed by atoms with Crippen molar-refractivity contribution in [3.8, 4) is 0 Å². The van der Waals surface area contributed by atoms with Crippen LogP contribution < -0.4 is 10.2 Å². The number of hydrogen-bond acceptors (Lipinski definition) is 4. The van der Waals surface area contributed by atoms with Crippen molar-refractivity contribution < 1.29 is 0 Å². The van der Waals surface area contributed by atoms with E-state index in [0.717, 1.165) is 32.0 Å². The number of pyridine rings is 1. The molecule has 1 saturated heterocycles. The third-order valence-electron chi connectivity index (χ3n) is 3.49. The fraction of sp³-hybridized carbons (Fsp3) is 0.615. The molecule has 0 atom stereocenters. The largest absolute Gasteiger partial charge is 0.372 e. The Hall–Kier alpha value is -0.710. The summed E-state index contributed by atoms with van der Waals surface area (Å²) in [5.74, 6) is 1.49. The molecule has 1 N–H and O–H groups in total. The monoisotopic (exact) mass is 302 g/mol. The molecule has 0 amide bonds. The fourth-order valence-corrected chi connectivity index (χ4v) is 2.88. The van der Waals surface area contributed by atoms with Gasteiger partial charge in [-0.15, -0.1) is 0 Å². The molecule has 0 aliphatic carbocycles. The van der Waals surface area contributed by atoms with Gasteiger partial charge in [0.2, 0.25) is 0 Å². The Bertz CT molecular complexity index is 443. The van der Waals surface area contributed by atoms with Gasteiger partial charge in [-0.2, -0.15) is 0 Å². The highest BCUT2D eigenvalue weighted by molar-refractivity contribution is 6.37. The number of rotatable bonds is 3. The van der Waals surface area contributed by atoms with E-state index in [1.807, 2.05) is 7.05 Å². The minimum atomic E-state index is 0.553. The molecule has 1 aliphatic heterocycles. The highest BCUT2D eigenvalue weighted by Crippen LogP contribution is 2.31. The summed E-state index contributed by atoms with van der Waals surface area (Å²) >= 11 is 12.3. The van der Waals surface area contributed by atoms with Crippen LogP contribution in [-0.2, 0) is 0 Å². The Kier molecular flexibility index (Phi) is 4.76. The molecule has 0 radical (unpaired) electrons. The van der Waals surface area contributed by atoms with E-state index >= 15 is 0 Å². The summed E-state index contributed by atoms with van der Waals surface area (Å²) in [6, 6.07) is 2.34. The maximum atomic E-state index is 6.26. The summed E-state index contributed by atoms with van der Waals surface area (Å²) in [6.45, 7) is 8.40. The third-order valence-corrected chi connectivity index (χ3v) is 4.06. The summed E-state index contributed by atoms with van der Waals surface area (Å²) in [4.78, 5) is 9.19. The lowest BCUT2D eigenvalue weighted by Gasteiger charge is -2.37. The Morgan fingerprint density at radius 3 is 2.32 bits per heavy atom. The molecule has 0 saturated carbocycles. The van der Waals surface area contributed by atoms with Gasteiger partial charge >= 0.3 is 0 Å². The van der Waals surface area contributed by atoms with Gasteiger partial charge < -0.3 is 10.2 Å². The van der Waals surface area contributed by atoms with Crippen LogP contribution in [0.5, 0.6) is 0 Å². The van der Waals surface area contributed by atoms with E-state index < -0.39 is 0 Å². The van der Waals surface area contributed by atoms with E-state index in [-0.39, 0.29) is 0 Å². The molecule has 2 rings (SSSR count). The van der Waals surface area contributed by atoms with Gasteiger partial charge in [0.15, 0.2) is 0 Å². The van der Waals surface area contributed by atoms with Crippen LogP contribution in [0.2, 0.25) is 10.0 Å². The van der Waals surface area contributed by atoms with Crippen LogP contribution in [0.4, 0.5) is 11.6 Å². The van der Waals surface area contributed by atoms with Crippen LogP contribution >= 0.6 is 23.2 Å². The first kappa shape index (κ1) is 14.7. The topological polar surface area (TPSA) is 31.4 Å². The fourth-order valence-electron chi connectivity index (χ4n) is 2.30. The molecule has 2 heterocycles. The van der Waals surface area contributed by atoms with E-state index in [1.54, 1.807) is 6.07 Å². The highest BCUT2D eigenvalue weighted by Gasteiger charge is 2.22. The summed E-state index contributed by atoms with van der Waals surface area (Å²) in [7, 11) is 1.81. The number of anilines is 2. The maximum absolute atomic E-state index is 6.26. The van der Waals surface area contributed by atoms with E-state index in [2.05, 4.69) is 33.9 Å². The van der Waals surface area contributed by atoms with E-state index in [4.69, 9.17) is 23.2 Å². The lowest BCUT2D eigenvalue weighted by molar-refractivity contribution is 0.209. The van der Waals surface area contributed by atoms with E-state index in [0.29, 0.717) is 21.9 Å². The van der Waals surface area contributed by atoms with Crippen LogP contribution in [0.25, 0.3) is 0 Å². The highest BCUT2D eigenvalue weighted by atomic mass is 35.5. The first-order valence-electron chi connectivity index (χ1n) is 6.55. The maximum Gasteiger partial charge on any atom is 0.150 e. The molecule has 0 spiro atoms. The molecule has 0 bridgehead atoms. The molecular formula is C13H20Cl2N4. The zero-order valence-corrected chi connectivity index (χ0v) is 13.1. The average Bonchev–Trinajstić information content (AvgIpc) is 2.39. The summed E-state index contributed by atoms with van der Waals surface area (Å²) in [5.41, 5.74) is 0. The van der Waals surface area contributed by atoms with Crippen LogP contribution in [0.3, 0.4) is 0 Å². The van der Waals surface area contributed by atoms with Gasteiger partial charge in [-0.25, -0.2) is 4.98 Å². The Morgan fingerprint density at radius 1 is 1.16 bits per heavy atom. The standard InChI is InChI=1S/C13H20Cl2N4/c1-9(2)18-4-6-19(7-5-18)13-11(15)8-10(14)12(16-3)17-13/h8-9H,4-7H2,1-3H3,(H,16,17). The van der Waals surface area contributed by atoms with Gasteiger partial charge in [-0.1, -0.05) is 23.2 Å². The quantitative estimate of drug-likeness (QED) is 0.930. The molecular weight excluding hydrogens is 283 g/mol. The second kappa shape index (κ2) is 6.16. The molecule has 1 aromatic heterocycles. The Morgan fingerprint density at radius 2 is 1.79 bits per heavy atom. The molecule has 106 valence electrons. The molecule has 19 heavy (non-hydrogen) atoms. The van der Waals surface area contributed by atoms with Crippen LogP contribution in [0.15, 0.2) is 6.07 Å². The van der Waals surface area contributed by atoms with Crippen molar-refractivity contribution in [2.24, 2.45) is 0 Å². The number of halogens is 2. The molecule has 0 unspecified atom stereocenters. The van der Waals surface area contributed by atoms with Gasteiger partial charge in [0.1, 0.15) is 11.6 Å². The van der Waals surface area contributed by atoms with E-state index in [9.17, 15) is 0 Å². The molecule has 1 aromatic rings. The van der Waals surface area contributed by atoms with Crippen LogP contribution in [0.1, 0.15) is 13.8 Å². The SMILES string of the molecule is CNc1nc(N2CCN(C(C)C)CC2)c(Cl)cc1Cl. The molecule has 0 aromatic carbocycles. The van der Waals surface area contributed by atoms with Gasteiger partial charge in [0.05, 0.1) is 10.0 Å². The van der Waals surface area contributed by atoms with Crippen molar-refractivity contribution in [1.82, 2.24) is 9.88 Å². The van der Waals surface area contributed by atoms with Crippen molar-refractivity contribution in [1.29, 1.82) is 0 Å². The van der Waals surface area contributed by atoms with E-state index in [1.165, 1.54) is 0 Å². The average molecular weight is 303 g/mol. The van der Waals surface area contributed by atoms with Crippen molar-refractivity contribution in [2.45, 2.75) is 19.9 Å². The number of hydrogen-bond donors (Lipinski definition) is 1. The van der Waals surface area contributed by atoms with Gasteiger partial charge in [-0.3, -0.25) is 4.90 Å². The van der Waals surface area contributed by atoms with Crippen molar-refractivity contribution in [3.05, 3.63) is 16.1 Å². The van der Waals surface area contributed by atoms with Crippen molar-refractivity contribution in [2.75, 3.05) is 43.4 Å². The minimum Gasteiger partial charge on any atom is -0.372 e. The number of piperazine rings is 1. The zero-order chi connectivity index (χ0) is 14.0. The molecule has 6 heteroatoms. The van der Waals surface area contributed by atoms with Gasteiger partial charge in [-0.05, 0) is 19.9 Å². The van der Waals surface area contributed by atoms with Gasteiger partial charge in [0, 0.05) is 39.3 Å². The predicted molar refractivity (Wildman–Crippen MR) is 82.7 cm³/mol. The second-order valence-electron chi connectivity index (χ2n) is 4.99. The number of nitrogens with one attached hydrogen (secondary N) is 1.